The predicted molar refractivity (Wildman–Crippen MR) is 71.7 cm³/mol. The van der Waals surface area contributed by atoms with Crippen LogP contribution in [0.5, 0.6) is 0 Å². The van der Waals surface area contributed by atoms with Crippen molar-refractivity contribution >= 4 is 6.09 Å². The number of rotatable bonds is 1. The molecular weight excluding hydrogens is 230 g/mol. The highest BCUT2D eigenvalue weighted by Gasteiger charge is 2.29. The van der Waals surface area contributed by atoms with E-state index in [1.165, 1.54) is 0 Å². The maximum Gasteiger partial charge on any atom is 0.410 e. The molecule has 0 saturated carbocycles. The van der Waals surface area contributed by atoms with Crippen LogP contribution in [0, 0.1) is 0 Å². The molecule has 1 amide bonds. The van der Waals surface area contributed by atoms with E-state index in [2.05, 4.69) is 0 Å². The summed E-state index contributed by atoms with van der Waals surface area (Å²) in [6, 6.07) is 0. The van der Waals surface area contributed by atoms with Crippen LogP contribution in [0.4, 0.5) is 4.79 Å². The summed E-state index contributed by atoms with van der Waals surface area (Å²) >= 11 is 0. The van der Waals surface area contributed by atoms with E-state index < -0.39 is 5.60 Å². The van der Waals surface area contributed by atoms with Gasteiger partial charge in [0.1, 0.15) is 5.60 Å². The van der Waals surface area contributed by atoms with Gasteiger partial charge in [-0.3, -0.25) is 0 Å². The lowest BCUT2D eigenvalue weighted by Gasteiger charge is -2.36. The lowest BCUT2D eigenvalue weighted by atomic mass is 10.1. The van der Waals surface area contributed by atoms with Gasteiger partial charge in [0.25, 0.3) is 0 Å². The average Bonchev–Trinajstić information content (AvgIpc) is 2.12. The highest BCUT2D eigenvalue weighted by Crippen LogP contribution is 2.21. The van der Waals surface area contributed by atoms with Crippen molar-refractivity contribution in [2.24, 2.45) is 0 Å². The Morgan fingerprint density at radius 2 is 1.72 bits per heavy atom. The maximum absolute atomic E-state index is 12.0. The normalized spacial score (nSPS) is 21.9. The van der Waals surface area contributed by atoms with Crippen LogP contribution in [0.15, 0.2) is 0 Å². The van der Waals surface area contributed by atoms with Crippen molar-refractivity contribution in [3.63, 3.8) is 0 Å². The molecule has 0 radical (unpaired) electrons. The predicted octanol–water partition coefficient (Wildman–Crippen LogP) is 3.20. The summed E-state index contributed by atoms with van der Waals surface area (Å²) in [5, 5.41) is 0. The molecule has 1 aliphatic rings. The summed E-state index contributed by atoms with van der Waals surface area (Å²) in [6.07, 6.45) is 1.87. The summed E-state index contributed by atoms with van der Waals surface area (Å²) in [7, 11) is 0. The van der Waals surface area contributed by atoms with Crippen molar-refractivity contribution < 1.29 is 14.3 Å². The quantitative estimate of drug-likeness (QED) is 0.724. The van der Waals surface area contributed by atoms with Gasteiger partial charge >= 0.3 is 6.09 Å². The van der Waals surface area contributed by atoms with E-state index in [-0.39, 0.29) is 17.8 Å². The van der Waals surface area contributed by atoms with Gasteiger partial charge in [-0.25, -0.2) is 4.79 Å². The molecule has 4 heteroatoms. The van der Waals surface area contributed by atoms with Crippen molar-refractivity contribution in [3.05, 3.63) is 0 Å². The molecule has 1 fully saturated rings. The van der Waals surface area contributed by atoms with Gasteiger partial charge in [-0.15, -0.1) is 0 Å². The summed E-state index contributed by atoms with van der Waals surface area (Å²) in [4.78, 5) is 13.7. The smallest absolute Gasteiger partial charge is 0.410 e. The Morgan fingerprint density at radius 3 is 2.22 bits per heavy atom. The van der Waals surface area contributed by atoms with Crippen molar-refractivity contribution in [1.29, 1.82) is 0 Å². The van der Waals surface area contributed by atoms with Crippen LogP contribution >= 0.6 is 0 Å². The van der Waals surface area contributed by atoms with E-state index in [4.69, 9.17) is 9.47 Å². The Bertz CT molecular complexity index is 288. The summed E-state index contributed by atoms with van der Waals surface area (Å²) in [6.45, 7) is 13.2. The first-order valence-electron chi connectivity index (χ1n) is 6.72. The Hall–Kier alpha value is -0.770. The number of likely N-dealkylation sites (tertiary alicyclic amines) is 1. The van der Waals surface area contributed by atoms with Crippen molar-refractivity contribution in [3.8, 4) is 0 Å². The molecule has 0 bridgehead atoms. The molecule has 1 rings (SSSR count). The van der Waals surface area contributed by atoms with Gasteiger partial charge in [0.05, 0.1) is 18.2 Å². The van der Waals surface area contributed by atoms with E-state index in [0.717, 1.165) is 19.4 Å². The number of amides is 1. The Kier molecular flexibility index (Phi) is 4.65. The van der Waals surface area contributed by atoms with Crippen LogP contribution in [0.3, 0.4) is 0 Å². The lowest BCUT2D eigenvalue weighted by Crippen LogP contribution is -2.47. The Morgan fingerprint density at radius 1 is 1.11 bits per heavy atom. The van der Waals surface area contributed by atoms with Crippen molar-refractivity contribution in [2.45, 2.75) is 71.7 Å². The molecule has 0 aromatic heterocycles. The van der Waals surface area contributed by atoms with Crippen LogP contribution in [0.2, 0.25) is 0 Å². The zero-order chi connectivity index (χ0) is 14.0. The number of hydrogen-bond acceptors (Lipinski definition) is 3. The van der Waals surface area contributed by atoms with Crippen LogP contribution in [-0.2, 0) is 9.47 Å². The monoisotopic (exact) mass is 257 g/mol. The molecule has 0 aromatic rings. The minimum Gasteiger partial charge on any atom is -0.444 e. The number of nitrogens with zero attached hydrogens (tertiary/aromatic N) is 1. The SMILES string of the molecule is CC(C)(C)OC(=O)N1CCCC(OC(C)(C)C)C1. The fourth-order valence-corrected chi connectivity index (χ4v) is 2.03. The highest BCUT2D eigenvalue weighted by molar-refractivity contribution is 5.68. The zero-order valence-electron chi connectivity index (χ0n) is 12.6. The van der Waals surface area contributed by atoms with Gasteiger partial charge in [0.2, 0.25) is 0 Å². The van der Waals surface area contributed by atoms with E-state index in [0.29, 0.717) is 6.54 Å². The number of carbonyl (C=O) groups excluding carboxylic acids is 1. The summed E-state index contributed by atoms with van der Waals surface area (Å²) in [5.74, 6) is 0. The molecule has 0 aliphatic carbocycles. The van der Waals surface area contributed by atoms with Crippen LogP contribution in [-0.4, -0.2) is 41.4 Å². The molecule has 1 aliphatic heterocycles. The zero-order valence-corrected chi connectivity index (χ0v) is 12.6. The van der Waals surface area contributed by atoms with Gasteiger partial charge in [-0.05, 0) is 54.4 Å². The minimum atomic E-state index is -0.436. The maximum atomic E-state index is 12.0. The molecule has 0 spiro atoms. The second-order valence-electron chi connectivity index (χ2n) is 6.92. The van der Waals surface area contributed by atoms with Crippen LogP contribution < -0.4 is 0 Å². The van der Waals surface area contributed by atoms with Gasteiger partial charge in [0, 0.05) is 6.54 Å². The van der Waals surface area contributed by atoms with Gasteiger partial charge in [-0.2, -0.15) is 0 Å². The topological polar surface area (TPSA) is 38.8 Å². The first kappa shape index (κ1) is 15.3. The van der Waals surface area contributed by atoms with Crippen LogP contribution in [0.25, 0.3) is 0 Å². The summed E-state index contributed by atoms with van der Waals surface area (Å²) in [5.41, 5.74) is -0.601. The molecule has 0 N–H and O–H groups in total. The molecule has 1 heterocycles. The van der Waals surface area contributed by atoms with Crippen molar-refractivity contribution in [1.82, 2.24) is 4.90 Å². The Labute approximate surface area is 111 Å². The molecule has 1 atom stereocenters. The second kappa shape index (κ2) is 5.47. The first-order chi connectivity index (χ1) is 8.07. The average molecular weight is 257 g/mol. The number of carbonyl (C=O) groups is 1. The first-order valence-corrected chi connectivity index (χ1v) is 6.72. The third-order valence-corrected chi connectivity index (χ3v) is 2.55. The van der Waals surface area contributed by atoms with E-state index in [1.54, 1.807) is 4.90 Å². The van der Waals surface area contributed by atoms with Crippen molar-refractivity contribution in [2.75, 3.05) is 13.1 Å². The van der Waals surface area contributed by atoms with Gasteiger partial charge in [0.15, 0.2) is 0 Å². The van der Waals surface area contributed by atoms with Gasteiger partial charge < -0.3 is 14.4 Å². The molecule has 0 aromatic carbocycles. The molecule has 106 valence electrons. The van der Waals surface area contributed by atoms with E-state index in [9.17, 15) is 4.79 Å². The van der Waals surface area contributed by atoms with E-state index in [1.807, 2.05) is 41.5 Å². The molecule has 1 unspecified atom stereocenters. The van der Waals surface area contributed by atoms with Crippen LogP contribution in [0.1, 0.15) is 54.4 Å². The number of piperidine rings is 1. The largest absolute Gasteiger partial charge is 0.444 e. The fourth-order valence-electron chi connectivity index (χ4n) is 2.03. The number of ether oxygens (including phenoxy) is 2. The standard InChI is InChI=1S/C14H27NO3/c1-13(2,3)17-11-8-7-9-15(10-11)12(16)18-14(4,5)6/h11H,7-10H2,1-6H3. The number of hydrogen-bond donors (Lipinski definition) is 0. The third kappa shape index (κ3) is 5.71. The minimum absolute atomic E-state index is 0.117. The highest BCUT2D eigenvalue weighted by atomic mass is 16.6. The molecule has 1 saturated heterocycles. The van der Waals surface area contributed by atoms with E-state index >= 15 is 0 Å². The molecule has 18 heavy (non-hydrogen) atoms. The summed E-state index contributed by atoms with van der Waals surface area (Å²) < 4.78 is 11.3. The van der Waals surface area contributed by atoms with Gasteiger partial charge in [-0.1, -0.05) is 0 Å². The lowest BCUT2D eigenvalue weighted by molar-refractivity contribution is -0.0871. The second-order valence-corrected chi connectivity index (χ2v) is 6.92. The Balaban J connectivity index is 2.51. The fraction of sp³-hybridized carbons (Fsp3) is 0.929. The molecule has 4 nitrogen and oxygen atoms in total. The molecular formula is C14H27NO3. The third-order valence-electron chi connectivity index (χ3n) is 2.55.